The Kier molecular flexibility index (Phi) is 5.43. The predicted molar refractivity (Wildman–Crippen MR) is 91.9 cm³/mol. The average Bonchev–Trinajstić information content (AvgIpc) is 3.08. The van der Waals surface area contributed by atoms with Crippen molar-refractivity contribution in [1.29, 1.82) is 0 Å². The van der Waals surface area contributed by atoms with Gasteiger partial charge in [-0.15, -0.1) is 0 Å². The van der Waals surface area contributed by atoms with Crippen LogP contribution in [0.3, 0.4) is 0 Å². The van der Waals surface area contributed by atoms with Crippen molar-refractivity contribution in [3.8, 4) is 5.75 Å². The minimum Gasteiger partial charge on any atom is -0.491 e. The normalized spacial score (nSPS) is 11.8. The van der Waals surface area contributed by atoms with Gasteiger partial charge in [0.2, 0.25) is 10.0 Å². The van der Waals surface area contributed by atoms with Gasteiger partial charge in [0.25, 0.3) is 5.78 Å². The van der Waals surface area contributed by atoms with E-state index in [9.17, 15) is 12.8 Å². The minimum atomic E-state index is -3.78. The number of nitrogens with one attached hydrogen (secondary N) is 1. The fraction of sp³-hybridized carbons (Fsp3) is 0.312. The zero-order chi connectivity index (χ0) is 18.6. The van der Waals surface area contributed by atoms with Crippen LogP contribution in [0.4, 0.5) is 4.39 Å². The van der Waals surface area contributed by atoms with Crippen LogP contribution in [0, 0.1) is 5.82 Å². The molecule has 0 spiro atoms. The van der Waals surface area contributed by atoms with Gasteiger partial charge < -0.3 is 4.74 Å². The molecular weight excluding hydrogens is 361 g/mol. The lowest BCUT2D eigenvalue weighted by Crippen LogP contribution is -2.25. The zero-order valence-electron chi connectivity index (χ0n) is 14.1. The number of hydrogen-bond acceptors (Lipinski definition) is 6. The molecule has 1 N–H and O–H groups in total. The molecule has 0 fully saturated rings. The molecule has 2 aromatic heterocycles. The molecule has 0 radical (unpaired) electrons. The third kappa shape index (κ3) is 4.14. The van der Waals surface area contributed by atoms with E-state index in [0.717, 1.165) is 11.6 Å². The molecule has 26 heavy (non-hydrogen) atoms. The van der Waals surface area contributed by atoms with Crippen LogP contribution < -0.4 is 9.46 Å². The molecule has 0 saturated heterocycles. The van der Waals surface area contributed by atoms with E-state index in [1.165, 1.54) is 18.5 Å². The topological polar surface area (TPSA) is 98.5 Å². The fourth-order valence-electron chi connectivity index (χ4n) is 2.39. The lowest BCUT2D eigenvalue weighted by atomic mass is 10.2. The number of nitrogens with zero attached hydrogens (tertiary/aromatic N) is 4. The highest BCUT2D eigenvalue weighted by Gasteiger charge is 2.16. The standard InChI is InChI=1S/C16H18FN5O3S/c1-2-25-15-6-5-13(8-14(15)17)26(23,24)21-7-3-4-12-9-18-16-19-11-20-22(16)10-12/h5-6,8-11,21H,2-4,7H2,1H3. The fourth-order valence-corrected chi connectivity index (χ4v) is 3.48. The second-order valence-corrected chi connectivity index (χ2v) is 7.26. The number of sulfonamides is 1. The molecule has 3 rings (SSSR count). The Morgan fingerprint density at radius 3 is 2.92 bits per heavy atom. The van der Waals surface area contributed by atoms with Gasteiger partial charge in [0.15, 0.2) is 11.6 Å². The predicted octanol–water partition coefficient (Wildman–Crippen LogP) is 1.57. The van der Waals surface area contributed by atoms with Crippen molar-refractivity contribution >= 4 is 15.8 Å². The maximum atomic E-state index is 13.8. The van der Waals surface area contributed by atoms with Crippen LogP contribution in [-0.2, 0) is 16.4 Å². The van der Waals surface area contributed by atoms with Gasteiger partial charge in [-0.2, -0.15) is 10.1 Å². The Labute approximate surface area is 150 Å². The number of halogens is 1. The van der Waals surface area contributed by atoms with Crippen molar-refractivity contribution in [3.63, 3.8) is 0 Å². The summed E-state index contributed by atoms with van der Waals surface area (Å²) in [5.41, 5.74) is 0.911. The van der Waals surface area contributed by atoms with Gasteiger partial charge >= 0.3 is 0 Å². The molecule has 3 aromatic rings. The smallest absolute Gasteiger partial charge is 0.252 e. The van der Waals surface area contributed by atoms with E-state index < -0.39 is 15.8 Å². The first-order valence-electron chi connectivity index (χ1n) is 8.06. The van der Waals surface area contributed by atoms with E-state index in [0.29, 0.717) is 25.2 Å². The molecule has 0 bridgehead atoms. The lowest BCUT2D eigenvalue weighted by Gasteiger charge is -2.09. The average molecular weight is 379 g/mol. The van der Waals surface area contributed by atoms with E-state index in [4.69, 9.17) is 4.74 Å². The van der Waals surface area contributed by atoms with Gasteiger partial charge in [-0.1, -0.05) is 0 Å². The number of benzene rings is 1. The van der Waals surface area contributed by atoms with Crippen molar-refractivity contribution in [2.45, 2.75) is 24.7 Å². The van der Waals surface area contributed by atoms with E-state index in [2.05, 4.69) is 19.8 Å². The third-order valence-electron chi connectivity index (χ3n) is 3.64. The quantitative estimate of drug-likeness (QED) is 0.597. The van der Waals surface area contributed by atoms with E-state index >= 15 is 0 Å². The third-order valence-corrected chi connectivity index (χ3v) is 5.09. The summed E-state index contributed by atoms with van der Waals surface area (Å²) in [4.78, 5) is 7.97. The lowest BCUT2D eigenvalue weighted by molar-refractivity contribution is 0.321. The Bertz CT molecular complexity index is 1010. The summed E-state index contributed by atoms with van der Waals surface area (Å²) in [5.74, 6) is -0.170. The highest BCUT2D eigenvalue weighted by Crippen LogP contribution is 2.21. The van der Waals surface area contributed by atoms with Crippen molar-refractivity contribution < 1.29 is 17.5 Å². The molecule has 0 aliphatic carbocycles. The van der Waals surface area contributed by atoms with Crippen LogP contribution in [0.5, 0.6) is 5.75 Å². The summed E-state index contributed by atoms with van der Waals surface area (Å²) >= 11 is 0. The summed E-state index contributed by atoms with van der Waals surface area (Å²) < 4.78 is 47.4. The van der Waals surface area contributed by atoms with Gasteiger partial charge in [-0.3, -0.25) is 0 Å². The molecule has 0 saturated carbocycles. The second-order valence-electron chi connectivity index (χ2n) is 5.49. The van der Waals surface area contributed by atoms with Crippen molar-refractivity contribution in [3.05, 3.63) is 48.3 Å². The Morgan fingerprint density at radius 1 is 1.31 bits per heavy atom. The van der Waals surface area contributed by atoms with Crippen LogP contribution in [-0.4, -0.2) is 41.2 Å². The molecule has 0 amide bonds. The van der Waals surface area contributed by atoms with Gasteiger partial charge in [0, 0.05) is 18.9 Å². The summed E-state index contributed by atoms with van der Waals surface area (Å²) in [7, 11) is -3.78. The number of hydrogen-bond donors (Lipinski definition) is 1. The first-order chi connectivity index (χ1) is 12.5. The SMILES string of the molecule is CCOc1ccc(S(=O)(=O)NCCCc2cnc3ncnn3c2)cc1F. The van der Waals surface area contributed by atoms with Crippen LogP contribution >= 0.6 is 0 Å². The molecule has 0 unspecified atom stereocenters. The molecule has 8 nitrogen and oxygen atoms in total. The molecule has 10 heteroatoms. The molecule has 0 atom stereocenters. The molecule has 0 aliphatic heterocycles. The van der Waals surface area contributed by atoms with Crippen LogP contribution in [0.15, 0.2) is 41.8 Å². The number of aromatic nitrogens is 4. The van der Waals surface area contributed by atoms with Crippen LogP contribution in [0.2, 0.25) is 0 Å². The zero-order valence-corrected chi connectivity index (χ0v) is 14.9. The number of aryl methyl sites for hydroxylation is 1. The Hall–Kier alpha value is -2.59. The second kappa shape index (κ2) is 7.75. The van der Waals surface area contributed by atoms with Crippen molar-refractivity contribution in [2.24, 2.45) is 0 Å². The van der Waals surface area contributed by atoms with Gasteiger partial charge in [-0.05, 0) is 43.5 Å². The summed E-state index contributed by atoms with van der Waals surface area (Å²) in [6, 6.07) is 3.58. The van der Waals surface area contributed by atoms with Crippen LogP contribution in [0.25, 0.3) is 5.78 Å². The molecule has 0 aliphatic rings. The van der Waals surface area contributed by atoms with Crippen molar-refractivity contribution in [1.82, 2.24) is 24.3 Å². The maximum absolute atomic E-state index is 13.8. The van der Waals surface area contributed by atoms with Crippen LogP contribution in [0.1, 0.15) is 18.9 Å². The minimum absolute atomic E-state index is 0.0300. The summed E-state index contributed by atoms with van der Waals surface area (Å²) in [5, 5.41) is 4.00. The Morgan fingerprint density at radius 2 is 2.15 bits per heavy atom. The van der Waals surface area contributed by atoms with E-state index in [-0.39, 0.29) is 17.2 Å². The van der Waals surface area contributed by atoms with Crippen molar-refractivity contribution in [2.75, 3.05) is 13.2 Å². The molecule has 2 heterocycles. The van der Waals surface area contributed by atoms with E-state index in [1.54, 1.807) is 23.8 Å². The van der Waals surface area contributed by atoms with E-state index in [1.807, 2.05) is 0 Å². The first-order valence-corrected chi connectivity index (χ1v) is 9.54. The molecule has 138 valence electrons. The molecular formula is C16H18FN5O3S. The number of fused-ring (bicyclic) bond motifs is 1. The maximum Gasteiger partial charge on any atom is 0.252 e. The highest BCUT2D eigenvalue weighted by molar-refractivity contribution is 7.89. The number of ether oxygens (including phenoxy) is 1. The van der Waals surface area contributed by atoms with Gasteiger partial charge in [0.1, 0.15) is 6.33 Å². The van der Waals surface area contributed by atoms with Gasteiger partial charge in [-0.25, -0.2) is 27.0 Å². The largest absolute Gasteiger partial charge is 0.491 e. The first kappa shape index (κ1) is 18.2. The summed E-state index contributed by atoms with van der Waals surface area (Å²) in [6.45, 7) is 2.24. The summed E-state index contributed by atoms with van der Waals surface area (Å²) in [6.07, 6.45) is 6.06. The van der Waals surface area contributed by atoms with Gasteiger partial charge in [0.05, 0.1) is 11.5 Å². The monoisotopic (exact) mass is 379 g/mol. The highest BCUT2D eigenvalue weighted by atomic mass is 32.2. The number of rotatable bonds is 8. The Balaban J connectivity index is 1.57. The molecule has 1 aromatic carbocycles.